The Labute approximate surface area is 142 Å². The Bertz CT molecular complexity index is 866. The first kappa shape index (κ1) is 17.1. The number of amides is 1. The van der Waals surface area contributed by atoms with E-state index in [-0.39, 0.29) is 11.6 Å². The lowest BCUT2D eigenvalue weighted by Gasteiger charge is -2.16. The lowest BCUT2D eigenvalue weighted by molar-refractivity contribution is -0.137. The predicted molar refractivity (Wildman–Crippen MR) is 88.3 cm³/mol. The van der Waals surface area contributed by atoms with Crippen LogP contribution >= 0.6 is 0 Å². The van der Waals surface area contributed by atoms with Gasteiger partial charge in [-0.2, -0.15) is 13.2 Å². The van der Waals surface area contributed by atoms with Crippen molar-refractivity contribution in [3.63, 3.8) is 0 Å². The van der Waals surface area contributed by atoms with Gasteiger partial charge in [-0.05, 0) is 31.2 Å². The van der Waals surface area contributed by atoms with Gasteiger partial charge >= 0.3 is 6.18 Å². The van der Waals surface area contributed by atoms with Crippen LogP contribution in [-0.4, -0.2) is 11.9 Å². The fourth-order valence-electron chi connectivity index (χ4n) is 2.72. The number of hydrogen-bond acceptors (Lipinski definition) is 2. The molecular formula is C19H16F3NO2. The monoisotopic (exact) mass is 347 g/mol. The molecule has 0 saturated heterocycles. The van der Waals surface area contributed by atoms with Crippen LogP contribution in [-0.2, 0) is 12.6 Å². The van der Waals surface area contributed by atoms with E-state index in [1.807, 2.05) is 30.3 Å². The first-order chi connectivity index (χ1) is 11.8. The van der Waals surface area contributed by atoms with Gasteiger partial charge in [-0.3, -0.25) is 4.79 Å². The number of nitrogens with one attached hydrogen (secondary N) is 1. The van der Waals surface area contributed by atoms with E-state index in [4.69, 9.17) is 4.42 Å². The van der Waals surface area contributed by atoms with E-state index < -0.39 is 17.6 Å². The Morgan fingerprint density at radius 3 is 2.52 bits per heavy atom. The van der Waals surface area contributed by atoms with Crippen molar-refractivity contribution in [1.29, 1.82) is 0 Å². The molecule has 0 bridgehead atoms. The van der Waals surface area contributed by atoms with Crippen LogP contribution in [0.4, 0.5) is 13.2 Å². The fourth-order valence-corrected chi connectivity index (χ4v) is 2.72. The third-order valence-corrected chi connectivity index (χ3v) is 3.84. The van der Waals surface area contributed by atoms with Gasteiger partial charge in [0.1, 0.15) is 11.3 Å². The zero-order valence-corrected chi connectivity index (χ0v) is 13.4. The van der Waals surface area contributed by atoms with E-state index in [1.165, 1.54) is 18.2 Å². The molecule has 1 N–H and O–H groups in total. The molecule has 0 saturated carbocycles. The molecule has 25 heavy (non-hydrogen) atoms. The van der Waals surface area contributed by atoms with Crippen LogP contribution in [0.25, 0.3) is 11.0 Å². The predicted octanol–water partition coefficient (Wildman–Crippen LogP) is 4.81. The highest BCUT2D eigenvalue weighted by atomic mass is 19.4. The van der Waals surface area contributed by atoms with Gasteiger partial charge in [-0.1, -0.05) is 30.3 Å². The second-order valence-corrected chi connectivity index (χ2v) is 5.87. The van der Waals surface area contributed by atoms with E-state index in [0.29, 0.717) is 12.2 Å². The van der Waals surface area contributed by atoms with Crippen LogP contribution in [0.5, 0.6) is 0 Å². The molecule has 0 aliphatic carbocycles. The maximum atomic E-state index is 13.0. The number of benzene rings is 2. The molecule has 1 unspecified atom stereocenters. The molecule has 3 aromatic rings. The van der Waals surface area contributed by atoms with Gasteiger partial charge in [-0.15, -0.1) is 0 Å². The molecular weight excluding hydrogens is 331 g/mol. The van der Waals surface area contributed by atoms with Gasteiger partial charge in [0.2, 0.25) is 0 Å². The Balaban J connectivity index is 1.73. The van der Waals surface area contributed by atoms with Crippen molar-refractivity contribution in [1.82, 2.24) is 5.32 Å². The number of halogens is 3. The molecule has 0 aliphatic heterocycles. The van der Waals surface area contributed by atoms with Gasteiger partial charge in [0, 0.05) is 17.8 Å². The van der Waals surface area contributed by atoms with Crippen LogP contribution in [0.15, 0.2) is 59.0 Å². The van der Waals surface area contributed by atoms with Crippen molar-refractivity contribution in [3.8, 4) is 0 Å². The normalized spacial score (nSPS) is 13.0. The SMILES string of the molecule is CC(Cc1cc2ccccc2o1)NC(=O)c1ccccc1C(F)(F)F. The molecule has 0 fully saturated rings. The minimum atomic E-state index is -4.57. The Morgan fingerprint density at radius 1 is 1.12 bits per heavy atom. The van der Waals surface area contributed by atoms with Crippen molar-refractivity contribution < 1.29 is 22.4 Å². The largest absolute Gasteiger partial charge is 0.461 e. The van der Waals surface area contributed by atoms with Crippen molar-refractivity contribution in [2.45, 2.75) is 25.6 Å². The molecule has 3 nitrogen and oxygen atoms in total. The van der Waals surface area contributed by atoms with E-state index in [1.54, 1.807) is 6.92 Å². The Morgan fingerprint density at radius 2 is 1.80 bits per heavy atom. The van der Waals surface area contributed by atoms with Crippen molar-refractivity contribution >= 4 is 16.9 Å². The van der Waals surface area contributed by atoms with Crippen LogP contribution < -0.4 is 5.32 Å². The van der Waals surface area contributed by atoms with Crippen molar-refractivity contribution in [3.05, 3.63) is 71.5 Å². The minimum Gasteiger partial charge on any atom is -0.461 e. The summed E-state index contributed by atoms with van der Waals surface area (Å²) in [5.41, 5.74) is -0.590. The second-order valence-electron chi connectivity index (χ2n) is 5.87. The van der Waals surface area contributed by atoms with E-state index in [0.717, 1.165) is 17.0 Å². The summed E-state index contributed by atoms with van der Waals surface area (Å²) in [6.45, 7) is 1.72. The molecule has 1 heterocycles. The maximum absolute atomic E-state index is 13.0. The average molecular weight is 347 g/mol. The van der Waals surface area contributed by atoms with Gasteiger partial charge in [0.25, 0.3) is 5.91 Å². The summed E-state index contributed by atoms with van der Waals surface area (Å²) in [5.74, 6) is -0.0883. The Kier molecular flexibility index (Phi) is 4.53. The van der Waals surface area contributed by atoms with Gasteiger partial charge in [-0.25, -0.2) is 0 Å². The molecule has 1 aromatic heterocycles. The zero-order chi connectivity index (χ0) is 18.0. The number of rotatable bonds is 4. The maximum Gasteiger partial charge on any atom is 0.417 e. The minimum absolute atomic E-state index is 0.380. The second kappa shape index (κ2) is 6.63. The third kappa shape index (κ3) is 3.84. The first-order valence-electron chi connectivity index (χ1n) is 7.79. The number of para-hydroxylation sites is 1. The molecule has 0 spiro atoms. The summed E-state index contributed by atoms with van der Waals surface area (Å²) in [6.07, 6.45) is -4.19. The lowest BCUT2D eigenvalue weighted by atomic mass is 10.1. The summed E-state index contributed by atoms with van der Waals surface area (Å²) in [5, 5.41) is 3.55. The number of carbonyl (C=O) groups excluding carboxylic acids is 1. The highest BCUT2D eigenvalue weighted by Gasteiger charge is 2.35. The third-order valence-electron chi connectivity index (χ3n) is 3.84. The molecule has 1 amide bonds. The Hall–Kier alpha value is -2.76. The topological polar surface area (TPSA) is 42.2 Å². The smallest absolute Gasteiger partial charge is 0.417 e. The van der Waals surface area contributed by atoms with Crippen molar-refractivity contribution in [2.24, 2.45) is 0 Å². The molecule has 0 radical (unpaired) electrons. The van der Waals surface area contributed by atoms with Crippen molar-refractivity contribution in [2.75, 3.05) is 0 Å². The zero-order valence-electron chi connectivity index (χ0n) is 13.4. The van der Waals surface area contributed by atoms with Gasteiger partial charge in [0.15, 0.2) is 0 Å². The fraction of sp³-hybridized carbons (Fsp3) is 0.211. The molecule has 6 heteroatoms. The molecule has 3 rings (SSSR count). The average Bonchev–Trinajstić information content (AvgIpc) is 2.95. The summed E-state index contributed by atoms with van der Waals surface area (Å²) >= 11 is 0. The van der Waals surface area contributed by atoms with Gasteiger partial charge < -0.3 is 9.73 Å². The quantitative estimate of drug-likeness (QED) is 0.736. The standard InChI is InChI=1S/C19H16F3NO2/c1-12(10-14-11-13-6-2-5-9-17(13)25-14)23-18(24)15-7-3-4-8-16(15)19(20,21)22/h2-9,11-12H,10H2,1H3,(H,23,24). The highest BCUT2D eigenvalue weighted by Crippen LogP contribution is 2.31. The van der Waals surface area contributed by atoms with Crippen LogP contribution in [0.2, 0.25) is 0 Å². The van der Waals surface area contributed by atoms with Crippen LogP contribution in [0.1, 0.15) is 28.6 Å². The molecule has 0 aliphatic rings. The first-order valence-corrected chi connectivity index (χ1v) is 7.79. The summed E-state index contributed by atoms with van der Waals surface area (Å²) < 4.78 is 44.7. The van der Waals surface area contributed by atoms with Crippen LogP contribution in [0.3, 0.4) is 0 Å². The number of alkyl halides is 3. The van der Waals surface area contributed by atoms with E-state index in [9.17, 15) is 18.0 Å². The number of hydrogen-bond donors (Lipinski definition) is 1. The number of carbonyl (C=O) groups is 1. The molecule has 2 aromatic carbocycles. The highest BCUT2D eigenvalue weighted by molar-refractivity contribution is 5.96. The van der Waals surface area contributed by atoms with Crippen LogP contribution in [0, 0.1) is 0 Å². The summed E-state index contributed by atoms with van der Waals surface area (Å²) in [6, 6.07) is 13.7. The molecule has 130 valence electrons. The summed E-state index contributed by atoms with van der Waals surface area (Å²) in [7, 11) is 0. The summed E-state index contributed by atoms with van der Waals surface area (Å²) in [4.78, 5) is 12.2. The van der Waals surface area contributed by atoms with Gasteiger partial charge in [0.05, 0.1) is 11.1 Å². The number of furan rings is 1. The number of fused-ring (bicyclic) bond motifs is 1. The van der Waals surface area contributed by atoms with E-state index >= 15 is 0 Å². The van der Waals surface area contributed by atoms with E-state index in [2.05, 4.69) is 5.32 Å². The molecule has 1 atom stereocenters. The lowest BCUT2D eigenvalue weighted by Crippen LogP contribution is -2.35.